The molecule has 2 aromatic rings. The Bertz CT molecular complexity index is 541. The Labute approximate surface area is 138 Å². The third-order valence-corrected chi connectivity index (χ3v) is 4.69. The van der Waals surface area contributed by atoms with Crippen LogP contribution >= 0.6 is 27.3 Å². The molecule has 1 heterocycles. The van der Waals surface area contributed by atoms with Crippen molar-refractivity contribution in [2.75, 3.05) is 26.8 Å². The van der Waals surface area contributed by atoms with E-state index in [0.717, 1.165) is 35.6 Å². The van der Waals surface area contributed by atoms with Gasteiger partial charge in [0.25, 0.3) is 0 Å². The van der Waals surface area contributed by atoms with Crippen molar-refractivity contribution < 1.29 is 4.74 Å². The second-order valence-corrected chi connectivity index (χ2v) is 6.99. The van der Waals surface area contributed by atoms with Crippen LogP contribution in [0.5, 0.6) is 0 Å². The Hall–Kier alpha value is -0.750. The molecule has 3 nitrogen and oxygen atoms in total. The van der Waals surface area contributed by atoms with Crippen LogP contribution in [0.25, 0.3) is 0 Å². The number of benzene rings is 1. The van der Waals surface area contributed by atoms with E-state index in [1.165, 1.54) is 11.3 Å². The topological polar surface area (TPSA) is 34.1 Å². The van der Waals surface area contributed by atoms with Crippen molar-refractivity contribution in [1.29, 1.82) is 0 Å². The summed E-state index contributed by atoms with van der Waals surface area (Å²) >= 11 is 5.21. The molecule has 21 heavy (non-hydrogen) atoms. The molecule has 0 aliphatic heterocycles. The summed E-state index contributed by atoms with van der Waals surface area (Å²) in [6.07, 6.45) is 0.964. The Morgan fingerprint density at radius 1 is 1.33 bits per heavy atom. The molecule has 0 amide bonds. The molecule has 5 heteroatoms. The minimum absolute atomic E-state index is 0.427. The third kappa shape index (κ3) is 5.51. The van der Waals surface area contributed by atoms with Gasteiger partial charge in [0, 0.05) is 36.0 Å². The maximum Gasteiger partial charge on any atom is 0.0897 e. The van der Waals surface area contributed by atoms with Crippen LogP contribution in [0.4, 0.5) is 0 Å². The highest BCUT2D eigenvalue weighted by Crippen LogP contribution is 2.23. The van der Waals surface area contributed by atoms with Crippen molar-refractivity contribution in [2.24, 2.45) is 0 Å². The van der Waals surface area contributed by atoms with Crippen LogP contribution in [0.3, 0.4) is 0 Å². The molecular formula is C16H21BrN2OS. The molecule has 0 spiro atoms. The van der Waals surface area contributed by atoms with Gasteiger partial charge >= 0.3 is 0 Å². The molecule has 1 aromatic carbocycles. The minimum Gasteiger partial charge on any atom is -0.383 e. The number of thiazole rings is 1. The van der Waals surface area contributed by atoms with Crippen molar-refractivity contribution in [3.8, 4) is 0 Å². The lowest BCUT2D eigenvalue weighted by molar-refractivity contribution is 0.199. The van der Waals surface area contributed by atoms with E-state index in [0.29, 0.717) is 5.92 Å². The quantitative estimate of drug-likeness (QED) is 0.720. The van der Waals surface area contributed by atoms with E-state index >= 15 is 0 Å². The fraction of sp³-hybridized carbons (Fsp3) is 0.438. The Balaban J connectivity index is 2.04. The smallest absolute Gasteiger partial charge is 0.0897 e. The number of hydrogen-bond donors (Lipinski definition) is 1. The van der Waals surface area contributed by atoms with Gasteiger partial charge in [0.05, 0.1) is 17.3 Å². The molecule has 0 saturated carbocycles. The molecule has 1 unspecified atom stereocenters. The van der Waals surface area contributed by atoms with E-state index in [1.54, 1.807) is 18.4 Å². The monoisotopic (exact) mass is 368 g/mol. The van der Waals surface area contributed by atoms with E-state index in [-0.39, 0.29) is 0 Å². The highest BCUT2D eigenvalue weighted by Gasteiger charge is 2.14. The van der Waals surface area contributed by atoms with E-state index in [2.05, 4.69) is 62.8 Å². The van der Waals surface area contributed by atoms with Crippen LogP contribution in [-0.4, -0.2) is 31.8 Å². The summed E-state index contributed by atoms with van der Waals surface area (Å²) < 4.78 is 6.20. The largest absolute Gasteiger partial charge is 0.383 e. The first-order chi connectivity index (χ1) is 10.2. The van der Waals surface area contributed by atoms with Crippen LogP contribution in [0.1, 0.15) is 22.2 Å². The SMILES string of the molecule is COCCNCC(Cc1csc(C)n1)c1ccc(Br)cc1. The number of nitrogens with one attached hydrogen (secondary N) is 1. The first-order valence-electron chi connectivity index (χ1n) is 7.05. The van der Waals surface area contributed by atoms with E-state index in [1.807, 2.05) is 0 Å². The molecule has 2 rings (SSSR count). The van der Waals surface area contributed by atoms with Crippen molar-refractivity contribution in [1.82, 2.24) is 10.3 Å². The van der Waals surface area contributed by atoms with Gasteiger partial charge in [-0.25, -0.2) is 4.98 Å². The zero-order valence-electron chi connectivity index (χ0n) is 12.4. The first-order valence-corrected chi connectivity index (χ1v) is 8.72. The molecule has 0 bridgehead atoms. The maximum atomic E-state index is 5.09. The van der Waals surface area contributed by atoms with Crippen molar-refractivity contribution in [3.63, 3.8) is 0 Å². The van der Waals surface area contributed by atoms with E-state index in [9.17, 15) is 0 Å². The Morgan fingerprint density at radius 3 is 2.71 bits per heavy atom. The highest BCUT2D eigenvalue weighted by atomic mass is 79.9. The average molecular weight is 369 g/mol. The fourth-order valence-corrected chi connectivity index (χ4v) is 3.14. The molecule has 0 aliphatic rings. The summed E-state index contributed by atoms with van der Waals surface area (Å²) in [6, 6.07) is 8.57. The molecule has 0 fully saturated rings. The number of ether oxygens (including phenoxy) is 1. The van der Waals surface area contributed by atoms with Crippen molar-refractivity contribution >= 4 is 27.3 Å². The van der Waals surface area contributed by atoms with Gasteiger partial charge in [0.2, 0.25) is 0 Å². The summed E-state index contributed by atoms with van der Waals surface area (Å²) in [7, 11) is 1.73. The van der Waals surface area contributed by atoms with Crippen molar-refractivity contribution in [2.45, 2.75) is 19.3 Å². The van der Waals surface area contributed by atoms with Crippen LogP contribution in [0, 0.1) is 6.92 Å². The number of methoxy groups -OCH3 is 1. The van der Waals surface area contributed by atoms with Crippen LogP contribution in [0.15, 0.2) is 34.1 Å². The van der Waals surface area contributed by atoms with Gasteiger partial charge in [0.15, 0.2) is 0 Å². The minimum atomic E-state index is 0.427. The Kier molecular flexibility index (Phi) is 6.83. The predicted molar refractivity (Wildman–Crippen MR) is 92.2 cm³/mol. The predicted octanol–water partition coefficient (Wildman–Crippen LogP) is 3.78. The molecule has 1 N–H and O–H groups in total. The van der Waals surface area contributed by atoms with Gasteiger partial charge in [-0.2, -0.15) is 0 Å². The molecule has 1 aromatic heterocycles. The molecule has 0 saturated heterocycles. The lowest BCUT2D eigenvalue weighted by Crippen LogP contribution is -2.26. The van der Waals surface area contributed by atoms with Gasteiger partial charge in [0.1, 0.15) is 0 Å². The fourth-order valence-electron chi connectivity index (χ4n) is 2.25. The van der Waals surface area contributed by atoms with Gasteiger partial charge in [-0.1, -0.05) is 28.1 Å². The average Bonchev–Trinajstić information content (AvgIpc) is 2.88. The number of halogens is 1. The number of nitrogens with zero attached hydrogens (tertiary/aromatic N) is 1. The lowest BCUT2D eigenvalue weighted by atomic mass is 9.94. The summed E-state index contributed by atoms with van der Waals surface area (Å²) in [5.74, 6) is 0.427. The van der Waals surface area contributed by atoms with E-state index in [4.69, 9.17) is 4.74 Å². The van der Waals surface area contributed by atoms with Crippen LogP contribution < -0.4 is 5.32 Å². The summed E-state index contributed by atoms with van der Waals surface area (Å²) in [5.41, 5.74) is 2.52. The second kappa shape index (κ2) is 8.63. The molecule has 114 valence electrons. The lowest BCUT2D eigenvalue weighted by Gasteiger charge is -2.17. The normalized spacial score (nSPS) is 12.5. The van der Waals surface area contributed by atoms with Gasteiger partial charge in [-0.15, -0.1) is 11.3 Å². The zero-order valence-corrected chi connectivity index (χ0v) is 14.8. The number of aromatic nitrogens is 1. The Morgan fingerprint density at radius 2 is 2.10 bits per heavy atom. The number of hydrogen-bond acceptors (Lipinski definition) is 4. The molecular weight excluding hydrogens is 348 g/mol. The third-order valence-electron chi connectivity index (χ3n) is 3.34. The first kappa shape index (κ1) is 16.6. The summed E-state index contributed by atoms with van der Waals surface area (Å²) in [5, 5.41) is 6.76. The van der Waals surface area contributed by atoms with Gasteiger partial charge < -0.3 is 10.1 Å². The second-order valence-electron chi connectivity index (χ2n) is 5.01. The summed E-state index contributed by atoms with van der Waals surface area (Å²) in [4.78, 5) is 4.59. The van der Waals surface area contributed by atoms with Gasteiger partial charge in [-0.05, 0) is 31.0 Å². The standard InChI is InChI=1S/C16H21BrN2OS/c1-12-19-16(11-21-12)9-14(10-18-7-8-20-2)13-3-5-15(17)6-4-13/h3-6,11,14,18H,7-10H2,1-2H3. The van der Waals surface area contributed by atoms with Gasteiger partial charge in [-0.3, -0.25) is 0 Å². The molecule has 0 aliphatic carbocycles. The zero-order chi connectivity index (χ0) is 15.1. The highest BCUT2D eigenvalue weighted by molar-refractivity contribution is 9.10. The van der Waals surface area contributed by atoms with Crippen LogP contribution in [-0.2, 0) is 11.2 Å². The molecule has 0 radical (unpaired) electrons. The van der Waals surface area contributed by atoms with E-state index < -0.39 is 0 Å². The summed E-state index contributed by atoms with van der Waals surface area (Å²) in [6.45, 7) is 4.60. The number of aryl methyl sites for hydroxylation is 1. The maximum absolute atomic E-state index is 5.09. The number of rotatable bonds is 8. The molecule has 1 atom stereocenters. The van der Waals surface area contributed by atoms with Crippen molar-refractivity contribution in [3.05, 3.63) is 50.4 Å². The van der Waals surface area contributed by atoms with Crippen LogP contribution in [0.2, 0.25) is 0 Å².